The number of rotatable bonds is 8. The normalized spacial score (nSPS) is 13.2. The fourth-order valence-corrected chi connectivity index (χ4v) is 2.01. The van der Waals surface area contributed by atoms with Gasteiger partial charge in [-0.15, -0.1) is 0 Å². The molecule has 1 rings (SSSR count). The average Bonchev–Trinajstić information content (AvgIpc) is 2.34. The lowest BCUT2D eigenvalue weighted by atomic mass is 10.1. The third kappa shape index (κ3) is 5.43. The molecule has 1 atom stereocenters. The van der Waals surface area contributed by atoms with Gasteiger partial charge in [-0.05, 0) is 25.3 Å². The highest BCUT2D eigenvalue weighted by Crippen LogP contribution is 2.21. The first-order valence-corrected chi connectivity index (χ1v) is 7.36. The van der Waals surface area contributed by atoms with Crippen LogP contribution in [0.15, 0.2) is 10.9 Å². The van der Waals surface area contributed by atoms with E-state index in [-0.39, 0.29) is 17.6 Å². The number of ether oxygens (including phenoxy) is 1. The van der Waals surface area contributed by atoms with Crippen LogP contribution in [0.4, 0.5) is 0 Å². The molecule has 1 heterocycles. The Balaban J connectivity index is 2.86. The largest absolute Gasteiger partial charge is 0.370 e. The summed E-state index contributed by atoms with van der Waals surface area (Å²) in [5, 5.41) is 3.30. The molecule has 0 saturated carbocycles. The maximum atomic E-state index is 11.8. The van der Waals surface area contributed by atoms with Gasteiger partial charge in [-0.2, -0.15) is 0 Å². The number of hydrogen-bond donors (Lipinski definition) is 2. The van der Waals surface area contributed by atoms with Gasteiger partial charge in [-0.1, -0.05) is 27.7 Å². The van der Waals surface area contributed by atoms with E-state index in [1.54, 1.807) is 6.07 Å². The van der Waals surface area contributed by atoms with E-state index in [9.17, 15) is 4.79 Å². The predicted octanol–water partition coefficient (Wildman–Crippen LogP) is 2.25. The highest BCUT2D eigenvalue weighted by atomic mass is 16.5. The number of nitrogens with one attached hydrogen (secondary N) is 2. The van der Waals surface area contributed by atoms with E-state index in [1.165, 1.54) is 0 Å². The molecule has 0 aliphatic heterocycles. The lowest BCUT2D eigenvalue weighted by Crippen LogP contribution is -2.24. The van der Waals surface area contributed by atoms with Crippen molar-refractivity contribution in [2.45, 2.75) is 47.3 Å². The van der Waals surface area contributed by atoms with Crippen molar-refractivity contribution in [1.29, 1.82) is 0 Å². The Morgan fingerprint density at radius 1 is 1.35 bits per heavy atom. The lowest BCUT2D eigenvalue weighted by Gasteiger charge is -2.20. The summed E-state index contributed by atoms with van der Waals surface area (Å²) in [7, 11) is 0. The Morgan fingerprint density at radius 3 is 2.60 bits per heavy atom. The first-order valence-electron chi connectivity index (χ1n) is 7.36. The molecule has 5 nitrogen and oxygen atoms in total. The monoisotopic (exact) mass is 281 g/mol. The van der Waals surface area contributed by atoms with Crippen molar-refractivity contribution < 1.29 is 4.74 Å². The minimum atomic E-state index is -0.169. The van der Waals surface area contributed by atoms with E-state index in [2.05, 4.69) is 43.0 Å². The summed E-state index contributed by atoms with van der Waals surface area (Å²) in [5.74, 6) is 1.45. The second kappa shape index (κ2) is 8.17. The third-order valence-corrected chi connectivity index (χ3v) is 2.89. The number of aromatic amines is 1. The third-order valence-electron chi connectivity index (χ3n) is 2.89. The van der Waals surface area contributed by atoms with Gasteiger partial charge in [0.1, 0.15) is 11.9 Å². The van der Waals surface area contributed by atoms with Gasteiger partial charge in [0.05, 0.1) is 5.69 Å². The molecule has 0 spiro atoms. The molecule has 0 radical (unpaired) electrons. The summed E-state index contributed by atoms with van der Waals surface area (Å²) in [5.41, 5.74) is 0.636. The summed E-state index contributed by atoms with van der Waals surface area (Å²) in [4.78, 5) is 19.1. The molecule has 0 fully saturated rings. The summed E-state index contributed by atoms with van der Waals surface area (Å²) >= 11 is 0. The summed E-state index contributed by atoms with van der Waals surface area (Å²) < 4.78 is 5.69. The SMILES string of the molecule is CCOC(c1nc(CNCC(C)C)cc(=O)[nH]1)C(C)C. The summed E-state index contributed by atoms with van der Waals surface area (Å²) in [6.45, 7) is 12.5. The van der Waals surface area contributed by atoms with Gasteiger partial charge >= 0.3 is 0 Å². The van der Waals surface area contributed by atoms with Crippen LogP contribution in [-0.2, 0) is 11.3 Å². The number of nitrogens with zero attached hydrogens (tertiary/aromatic N) is 1. The Morgan fingerprint density at radius 2 is 2.05 bits per heavy atom. The van der Waals surface area contributed by atoms with Gasteiger partial charge in [-0.25, -0.2) is 4.98 Å². The average molecular weight is 281 g/mol. The zero-order chi connectivity index (χ0) is 15.1. The van der Waals surface area contributed by atoms with Crippen LogP contribution in [0.3, 0.4) is 0 Å². The molecule has 0 amide bonds. The Bertz CT molecular complexity index is 455. The Labute approximate surface area is 121 Å². The molecule has 5 heteroatoms. The van der Waals surface area contributed by atoms with Crippen LogP contribution >= 0.6 is 0 Å². The van der Waals surface area contributed by atoms with Gasteiger partial charge in [0, 0.05) is 19.2 Å². The van der Waals surface area contributed by atoms with Crippen LogP contribution in [0.25, 0.3) is 0 Å². The van der Waals surface area contributed by atoms with Crippen molar-refractivity contribution in [3.8, 4) is 0 Å². The van der Waals surface area contributed by atoms with Crippen molar-refractivity contribution in [3.63, 3.8) is 0 Å². The van der Waals surface area contributed by atoms with E-state index in [1.807, 2.05) is 6.92 Å². The number of H-pyrrole nitrogens is 1. The van der Waals surface area contributed by atoms with Crippen LogP contribution in [0.1, 0.15) is 52.2 Å². The van der Waals surface area contributed by atoms with Gasteiger partial charge < -0.3 is 15.0 Å². The van der Waals surface area contributed by atoms with Crippen molar-refractivity contribution in [2.24, 2.45) is 11.8 Å². The first-order chi connectivity index (χ1) is 9.43. The minimum absolute atomic E-state index is 0.123. The zero-order valence-electron chi connectivity index (χ0n) is 13.2. The fraction of sp³-hybridized carbons (Fsp3) is 0.733. The van der Waals surface area contributed by atoms with Crippen molar-refractivity contribution in [1.82, 2.24) is 15.3 Å². The Kier molecular flexibility index (Phi) is 6.88. The molecule has 1 aromatic rings. The van der Waals surface area contributed by atoms with Gasteiger partial charge in [-0.3, -0.25) is 4.79 Å². The molecule has 0 bridgehead atoms. The molecular weight excluding hydrogens is 254 g/mol. The number of hydrogen-bond acceptors (Lipinski definition) is 4. The molecule has 114 valence electrons. The summed E-state index contributed by atoms with van der Waals surface area (Å²) in [6.07, 6.45) is -0.169. The van der Waals surface area contributed by atoms with E-state index in [0.29, 0.717) is 24.9 Å². The smallest absolute Gasteiger partial charge is 0.251 e. The predicted molar refractivity (Wildman–Crippen MR) is 80.6 cm³/mol. The van der Waals surface area contributed by atoms with Crippen LogP contribution in [0, 0.1) is 11.8 Å². The highest BCUT2D eigenvalue weighted by molar-refractivity contribution is 5.05. The molecule has 0 aromatic carbocycles. The van der Waals surface area contributed by atoms with Gasteiger partial charge in [0.2, 0.25) is 0 Å². The summed E-state index contributed by atoms with van der Waals surface area (Å²) in [6, 6.07) is 1.54. The molecule has 2 N–H and O–H groups in total. The molecule has 1 unspecified atom stereocenters. The standard InChI is InChI=1S/C15H27N3O2/c1-6-20-14(11(4)5)15-17-12(7-13(19)18-15)9-16-8-10(2)3/h7,10-11,14,16H,6,8-9H2,1-5H3,(H,17,18,19). The van der Waals surface area contributed by atoms with E-state index >= 15 is 0 Å². The van der Waals surface area contributed by atoms with Gasteiger partial charge in [0.25, 0.3) is 5.56 Å². The number of aromatic nitrogens is 2. The van der Waals surface area contributed by atoms with Crippen LogP contribution in [-0.4, -0.2) is 23.1 Å². The fourth-order valence-electron chi connectivity index (χ4n) is 2.01. The van der Waals surface area contributed by atoms with Crippen LogP contribution in [0.5, 0.6) is 0 Å². The lowest BCUT2D eigenvalue weighted by molar-refractivity contribution is 0.0228. The van der Waals surface area contributed by atoms with Crippen molar-refractivity contribution in [2.75, 3.05) is 13.2 Å². The zero-order valence-corrected chi connectivity index (χ0v) is 13.2. The second-order valence-corrected chi connectivity index (χ2v) is 5.77. The maximum absolute atomic E-state index is 11.8. The molecule has 20 heavy (non-hydrogen) atoms. The molecular formula is C15H27N3O2. The molecule has 0 saturated heterocycles. The molecule has 0 aliphatic carbocycles. The minimum Gasteiger partial charge on any atom is -0.370 e. The van der Waals surface area contributed by atoms with Crippen LogP contribution in [0.2, 0.25) is 0 Å². The maximum Gasteiger partial charge on any atom is 0.251 e. The van der Waals surface area contributed by atoms with Crippen molar-refractivity contribution >= 4 is 0 Å². The topological polar surface area (TPSA) is 67.0 Å². The highest BCUT2D eigenvalue weighted by Gasteiger charge is 2.19. The molecule has 0 aliphatic rings. The first kappa shape index (κ1) is 16.9. The van der Waals surface area contributed by atoms with Crippen LogP contribution < -0.4 is 10.9 Å². The Hall–Kier alpha value is -1.20. The van der Waals surface area contributed by atoms with E-state index in [4.69, 9.17) is 4.74 Å². The quantitative estimate of drug-likeness (QED) is 0.767. The molecule has 1 aromatic heterocycles. The second-order valence-electron chi connectivity index (χ2n) is 5.77. The van der Waals surface area contributed by atoms with Gasteiger partial charge in [0.15, 0.2) is 0 Å². The van der Waals surface area contributed by atoms with Crippen molar-refractivity contribution in [3.05, 3.63) is 27.9 Å². The van der Waals surface area contributed by atoms with E-state index in [0.717, 1.165) is 12.2 Å². The van der Waals surface area contributed by atoms with E-state index < -0.39 is 0 Å².